The number of aromatic nitrogens is 1. The maximum absolute atomic E-state index is 11.7. The van der Waals surface area contributed by atoms with E-state index in [1.165, 1.54) is 0 Å². The molecule has 1 amide bonds. The molecule has 0 saturated carbocycles. The molecule has 0 spiro atoms. The standard InChI is InChI=1S/C13H23N3OS.ClH/c1-4-9(2)12(14)13(17)15-7-5-6-11-16-10(3)8-18-11;/h8-9,12H,4-7,14H2,1-3H3,(H,15,17);1H/t9-,12-;/m0./s1. The Bertz CT molecular complexity index is 384. The first-order valence-corrected chi connectivity index (χ1v) is 7.36. The monoisotopic (exact) mass is 305 g/mol. The molecule has 2 atom stereocenters. The van der Waals surface area contributed by atoms with Gasteiger partial charge in [-0.2, -0.15) is 0 Å². The van der Waals surface area contributed by atoms with Crippen molar-refractivity contribution >= 4 is 29.7 Å². The molecule has 1 heterocycles. The van der Waals surface area contributed by atoms with Crippen LogP contribution in [0.15, 0.2) is 5.38 Å². The highest BCUT2D eigenvalue weighted by Crippen LogP contribution is 2.10. The highest BCUT2D eigenvalue weighted by molar-refractivity contribution is 7.09. The zero-order chi connectivity index (χ0) is 13.5. The van der Waals surface area contributed by atoms with Crippen LogP contribution in [0.3, 0.4) is 0 Å². The fourth-order valence-electron chi connectivity index (χ4n) is 1.60. The maximum atomic E-state index is 11.7. The van der Waals surface area contributed by atoms with Crippen molar-refractivity contribution in [3.63, 3.8) is 0 Å². The summed E-state index contributed by atoms with van der Waals surface area (Å²) in [4.78, 5) is 16.1. The summed E-state index contributed by atoms with van der Waals surface area (Å²) >= 11 is 1.67. The van der Waals surface area contributed by atoms with E-state index in [0.29, 0.717) is 6.54 Å². The lowest BCUT2D eigenvalue weighted by atomic mass is 9.99. The number of aryl methyl sites for hydroxylation is 2. The molecular weight excluding hydrogens is 282 g/mol. The van der Waals surface area contributed by atoms with Crippen molar-refractivity contribution in [2.45, 2.75) is 46.1 Å². The molecule has 19 heavy (non-hydrogen) atoms. The third-order valence-corrected chi connectivity index (χ3v) is 4.12. The molecular formula is C13H24ClN3OS. The number of hydrogen-bond acceptors (Lipinski definition) is 4. The number of nitrogens with two attached hydrogens (primary N) is 1. The van der Waals surface area contributed by atoms with Crippen molar-refractivity contribution in [2.24, 2.45) is 11.7 Å². The van der Waals surface area contributed by atoms with Gasteiger partial charge in [0, 0.05) is 24.0 Å². The van der Waals surface area contributed by atoms with Crippen molar-refractivity contribution in [1.82, 2.24) is 10.3 Å². The fraction of sp³-hybridized carbons (Fsp3) is 0.692. The molecule has 110 valence electrons. The summed E-state index contributed by atoms with van der Waals surface area (Å²) in [5.74, 6) is 0.186. The van der Waals surface area contributed by atoms with Gasteiger partial charge in [-0.3, -0.25) is 4.79 Å². The minimum atomic E-state index is -0.392. The Morgan fingerprint density at radius 2 is 2.26 bits per heavy atom. The summed E-state index contributed by atoms with van der Waals surface area (Å²) in [7, 11) is 0. The lowest BCUT2D eigenvalue weighted by Gasteiger charge is -2.17. The number of halogens is 1. The average Bonchev–Trinajstić information content (AvgIpc) is 2.78. The van der Waals surface area contributed by atoms with E-state index in [9.17, 15) is 4.79 Å². The zero-order valence-corrected chi connectivity index (χ0v) is 13.4. The van der Waals surface area contributed by atoms with Crippen molar-refractivity contribution < 1.29 is 4.79 Å². The molecule has 0 aliphatic heterocycles. The quantitative estimate of drug-likeness (QED) is 0.760. The van der Waals surface area contributed by atoms with Crippen LogP contribution >= 0.6 is 23.7 Å². The third kappa shape index (κ3) is 6.36. The molecule has 0 radical (unpaired) electrons. The Kier molecular flexibility index (Phi) is 8.97. The first-order valence-electron chi connectivity index (χ1n) is 6.48. The van der Waals surface area contributed by atoms with Crippen LogP contribution in [-0.2, 0) is 11.2 Å². The van der Waals surface area contributed by atoms with Crippen LogP contribution in [-0.4, -0.2) is 23.5 Å². The van der Waals surface area contributed by atoms with Gasteiger partial charge in [0.25, 0.3) is 0 Å². The second kappa shape index (κ2) is 9.28. The van der Waals surface area contributed by atoms with Gasteiger partial charge >= 0.3 is 0 Å². The SMILES string of the molecule is CC[C@H](C)[C@H](N)C(=O)NCCCc1nc(C)cs1.Cl. The molecule has 0 aliphatic rings. The predicted molar refractivity (Wildman–Crippen MR) is 82.9 cm³/mol. The van der Waals surface area contributed by atoms with E-state index in [-0.39, 0.29) is 24.2 Å². The number of thiazole rings is 1. The average molecular weight is 306 g/mol. The fourth-order valence-corrected chi connectivity index (χ4v) is 2.42. The highest BCUT2D eigenvalue weighted by Gasteiger charge is 2.18. The molecule has 0 unspecified atom stereocenters. The molecule has 0 bridgehead atoms. The van der Waals surface area contributed by atoms with E-state index in [1.54, 1.807) is 11.3 Å². The van der Waals surface area contributed by atoms with Crippen LogP contribution in [0, 0.1) is 12.8 Å². The van der Waals surface area contributed by atoms with Crippen LogP contribution in [0.2, 0.25) is 0 Å². The van der Waals surface area contributed by atoms with Crippen molar-refractivity contribution in [2.75, 3.05) is 6.54 Å². The van der Waals surface area contributed by atoms with Gasteiger partial charge in [0.05, 0.1) is 11.0 Å². The van der Waals surface area contributed by atoms with Gasteiger partial charge in [-0.05, 0) is 19.3 Å². The second-order valence-corrected chi connectivity index (χ2v) is 5.63. The molecule has 0 aromatic carbocycles. The summed E-state index contributed by atoms with van der Waals surface area (Å²) in [5, 5.41) is 6.07. The van der Waals surface area contributed by atoms with Crippen LogP contribution in [0.1, 0.15) is 37.4 Å². The topological polar surface area (TPSA) is 68.0 Å². The van der Waals surface area contributed by atoms with Gasteiger partial charge in [-0.25, -0.2) is 4.98 Å². The van der Waals surface area contributed by atoms with Crippen LogP contribution < -0.4 is 11.1 Å². The molecule has 6 heteroatoms. The Morgan fingerprint density at radius 3 is 2.79 bits per heavy atom. The van der Waals surface area contributed by atoms with Crippen molar-refractivity contribution in [3.05, 3.63) is 16.1 Å². The van der Waals surface area contributed by atoms with Crippen molar-refractivity contribution in [3.8, 4) is 0 Å². The number of nitrogens with zero attached hydrogens (tertiary/aromatic N) is 1. The Morgan fingerprint density at radius 1 is 1.58 bits per heavy atom. The largest absolute Gasteiger partial charge is 0.355 e. The first kappa shape index (κ1) is 18.4. The van der Waals surface area contributed by atoms with Crippen molar-refractivity contribution in [1.29, 1.82) is 0 Å². The normalized spacial score (nSPS) is 13.5. The van der Waals surface area contributed by atoms with Gasteiger partial charge in [-0.15, -0.1) is 23.7 Å². The number of carbonyl (C=O) groups excluding carboxylic acids is 1. The Hall–Kier alpha value is -0.650. The van der Waals surface area contributed by atoms with E-state index in [2.05, 4.69) is 10.3 Å². The number of hydrogen-bond donors (Lipinski definition) is 2. The van der Waals surface area contributed by atoms with Gasteiger partial charge in [-0.1, -0.05) is 20.3 Å². The maximum Gasteiger partial charge on any atom is 0.237 e. The number of amides is 1. The van der Waals surface area contributed by atoms with Gasteiger partial charge in [0.2, 0.25) is 5.91 Å². The molecule has 1 aromatic heterocycles. The molecule has 1 rings (SSSR count). The molecule has 4 nitrogen and oxygen atoms in total. The Labute approximate surface area is 125 Å². The smallest absolute Gasteiger partial charge is 0.237 e. The summed E-state index contributed by atoms with van der Waals surface area (Å²) < 4.78 is 0. The molecule has 0 fully saturated rings. The summed E-state index contributed by atoms with van der Waals surface area (Å²) in [6.45, 7) is 6.71. The highest BCUT2D eigenvalue weighted by atomic mass is 35.5. The molecule has 0 aliphatic carbocycles. The first-order chi connectivity index (χ1) is 8.54. The number of nitrogens with one attached hydrogen (secondary N) is 1. The van der Waals surface area contributed by atoms with Crippen LogP contribution in [0.25, 0.3) is 0 Å². The third-order valence-electron chi connectivity index (χ3n) is 3.09. The lowest BCUT2D eigenvalue weighted by Crippen LogP contribution is -2.44. The predicted octanol–water partition coefficient (Wildman–Crippen LogP) is 2.30. The minimum absolute atomic E-state index is 0. The van der Waals surface area contributed by atoms with Gasteiger partial charge in [0.1, 0.15) is 0 Å². The minimum Gasteiger partial charge on any atom is -0.355 e. The summed E-state index contributed by atoms with van der Waals surface area (Å²) in [6, 6.07) is -0.392. The van der Waals surface area contributed by atoms with E-state index in [1.807, 2.05) is 26.2 Å². The zero-order valence-electron chi connectivity index (χ0n) is 11.8. The number of carbonyl (C=O) groups is 1. The molecule has 1 aromatic rings. The summed E-state index contributed by atoms with van der Waals surface area (Å²) in [5.41, 5.74) is 6.91. The van der Waals surface area contributed by atoms with Gasteiger partial charge in [0.15, 0.2) is 0 Å². The van der Waals surface area contributed by atoms with E-state index in [0.717, 1.165) is 30.0 Å². The second-order valence-electron chi connectivity index (χ2n) is 4.69. The number of rotatable bonds is 7. The van der Waals surface area contributed by atoms with Crippen LogP contribution in [0.5, 0.6) is 0 Å². The van der Waals surface area contributed by atoms with E-state index < -0.39 is 6.04 Å². The lowest BCUT2D eigenvalue weighted by molar-refractivity contribution is -0.123. The Balaban J connectivity index is 0.00000324. The molecule has 3 N–H and O–H groups in total. The summed E-state index contributed by atoms with van der Waals surface area (Å²) in [6.07, 6.45) is 2.75. The van der Waals surface area contributed by atoms with E-state index in [4.69, 9.17) is 5.73 Å². The van der Waals surface area contributed by atoms with Gasteiger partial charge < -0.3 is 11.1 Å². The molecule has 0 saturated heterocycles. The van der Waals surface area contributed by atoms with E-state index >= 15 is 0 Å². The van der Waals surface area contributed by atoms with Crippen LogP contribution in [0.4, 0.5) is 0 Å².